The van der Waals surface area contributed by atoms with Gasteiger partial charge < -0.3 is 5.32 Å². The molecule has 1 aliphatic heterocycles. The van der Waals surface area contributed by atoms with Gasteiger partial charge in [0.15, 0.2) is 0 Å². The number of halogens is 2. The van der Waals surface area contributed by atoms with Crippen molar-refractivity contribution in [2.24, 2.45) is 0 Å². The second-order valence-corrected chi connectivity index (χ2v) is 4.09. The van der Waals surface area contributed by atoms with E-state index in [1.165, 1.54) is 24.0 Å². The molecule has 0 aromatic heterocycles. The summed E-state index contributed by atoms with van der Waals surface area (Å²) in [4.78, 5) is 0. The Morgan fingerprint density at radius 2 is 2.21 bits per heavy atom. The number of hydrogen-bond acceptors (Lipinski definition) is 1. The van der Waals surface area contributed by atoms with E-state index in [1.807, 2.05) is 12.1 Å². The van der Waals surface area contributed by atoms with Gasteiger partial charge in [0, 0.05) is 11.1 Å². The highest BCUT2D eigenvalue weighted by molar-refractivity contribution is 6.30. The molecule has 1 aromatic carbocycles. The summed E-state index contributed by atoms with van der Waals surface area (Å²) in [5, 5.41) is 4.32. The summed E-state index contributed by atoms with van der Waals surface area (Å²) < 4.78 is 0. The quantitative estimate of drug-likeness (QED) is 0.781. The summed E-state index contributed by atoms with van der Waals surface area (Å²) >= 11 is 5.90. The number of aryl methyl sites for hydroxylation is 1. The zero-order chi connectivity index (χ0) is 9.26. The Labute approximate surface area is 96.3 Å². The van der Waals surface area contributed by atoms with Gasteiger partial charge in [0.1, 0.15) is 0 Å². The summed E-state index contributed by atoms with van der Waals surface area (Å²) in [7, 11) is 0. The summed E-state index contributed by atoms with van der Waals surface area (Å²) in [6.45, 7) is 3.27. The van der Waals surface area contributed by atoms with E-state index in [0.717, 1.165) is 11.6 Å². The standard InChI is InChI=1S/C11H14ClN.ClH/c1-8-7-9(12)4-5-10(8)11-3-2-6-13-11;/h4-5,7,11,13H,2-3,6H2,1H3;1H/t11-;/m1./s1. The first-order valence-electron chi connectivity index (χ1n) is 4.77. The monoisotopic (exact) mass is 231 g/mol. The fourth-order valence-electron chi connectivity index (χ4n) is 1.98. The fourth-order valence-corrected chi connectivity index (χ4v) is 2.21. The van der Waals surface area contributed by atoms with E-state index in [0.29, 0.717) is 6.04 Å². The Balaban J connectivity index is 0.000000980. The van der Waals surface area contributed by atoms with Crippen LogP contribution in [0, 0.1) is 6.92 Å². The van der Waals surface area contributed by atoms with Crippen molar-refractivity contribution in [1.29, 1.82) is 0 Å². The lowest BCUT2D eigenvalue weighted by Gasteiger charge is -2.13. The molecule has 1 fully saturated rings. The molecule has 0 aliphatic carbocycles. The lowest BCUT2D eigenvalue weighted by molar-refractivity contribution is 0.644. The molecule has 0 amide bonds. The number of rotatable bonds is 1. The van der Waals surface area contributed by atoms with Crippen LogP contribution >= 0.6 is 24.0 Å². The zero-order valence-corrected chi connectivity index (χ0v) is 9.79. The molecular weight excluding hydrogens is 217 g/mol. The summed E-state index contributed by atoms with van der Waals surface area (Å²) in [6.07, 6.45) is 2.54. The topological polar surface area (TPSA) is 12.0 Å². The highest BCUT2D eigenvalue weighted by Crippen LogP contribution is 2.27. The molecule has 78 valence electrons. The van der Waals surface area contributed by atoms with Crippen LogP contribution in [0.25, 0.3) is 0 Å². The average molecular weight is 232 g/mol. The normalized spacial score (nSPS) is 20.6. The Hall–Kier alpha value is -0.240. The van der Waals surface area contributed by atoms with Crippen LogP contribution in [0.5, 0.6) is 0 Å². The summed E-state index contributed by atoms with van der Waals surface area (Å²) in [5.41, 5.74) is 2.70. The van der Waals surface area contributed by atoms with E-state index < -0.39 is 0 Å². The second-order valence-electron chi connectivity index (χ2n) is 3.65. The third-order valence-electron chi connectivity index (χ3n) is 2.67. The minimum Gasteiger partial charge on any atom is -0.310 e. The number of benzene rings is 1. The molecule has 0 radical (unpaired) electrons. The maximum absolute atomic E-state index is 5.90. The highest BCUT2D eigenvalue weighted by atomic mass is 35.5. The van der Waals surface area contributed by atoms with E-state index in [2.05, 4.69) is 18.3 Å². The van der Waals surface area contributed by atoms with Gasteiger partial charge in [-0.2, -0.15) is 0 Å². The van der Waals surface area contributed by atoms with Crippen molar-refractivity contribution in [3.05, 3.63) is 34.3 Å². The Kier molecular flexibility index (Phi) is 4.24. The Bertz CT molecular complexity index is 306. The average Bonchev–Trinajstić information content (AvgIpc) is 2.56. The fraction of sp³-hybridized carbons (Fsp3) is 0.455. The van der Waals surface area contributed by atoms with Crippen molar-refractivity contribution >= 4 is 24.0 Å². The first-order valence-corrected chi connectivity index (χ1v) is 5.14. The van der Waals surface area contributed by atoms with E-state index >= 15 is 0 Å². The third-order valence-corrected chi connectivity index (χ3v) is 2.90. The molecule has 1 saturated heterocycles. The van der Waals surface area contributed by atoms with Crippen LogP contribution < -0.4 is 5.32 Å². The van der Waals surface area contributed by atoms with Gasteiger partial charge in [-0.25, -0.2) is 0 Å². The smallest absolute Gasteiger partial charge is 0.0408 e. The van der Waals surface area contributed by atoms with E-state index in [9.17, 15) is 0 Å². The van der Waals surface area contributed by atoms with E-state index in [4.69, 9.17) is 11.6 Å². The number of hydrogen-bond donors (Lipinski definition) is 1. The molecule has 0 unspecified atom stereocenters. The minimum absolute atomic E-state index is 0. The van der Waals surface area contributed by atoms with Gasteiger partial charge >= 0.3 is 0 Å². The third kappa shape index (κ3) is 2.41. The maximum Gasteiger partial charge on any atom is 0.0408 e. The molecule has 0 spiro atoms. The molecule has 14 heavy (non-hydrogen) atoms. The van der Waals surface area contributed by atoms with Crippen LogP contribution in [0.15, 0.2) is 18.2 Å². The second kappa shape index (κ2) is 5.01. The molecule has 2 rings (SSSR count). The molecule has 1 heterocycles. The highest BCUT2D eigenvalue weighted by Gasteiger charge is 2.17. The lowest BCUT2D eigenvalue weighted by Crippen LogP contribution is -2.13. The van der Waals surface area contributed by atoms with Crippen LogP contribution in [0.3, 0.4) is 0 Å². The molecule has 3 heteroatoms. The first-order chi connectivity index (χ1) is 6.27. The molecule has 1 nitrogen and oxygen atoms in total. The predicted molar refractivity (Wildman–Crippen MR) is 63.4 cm³/mol. The van der Waals surface area contributed by atoms with Gasteiger partial charge in [-0.1, -0.05) is 17.7 Å². The molecule has 1 aromatic rings. The first kappa shape index (κ1) is 11.8. The Morgan fingerprint density at radius 3 is 2.79 bits per heavy atom. The van der Waals surface area contributed by atoms with E-state index in [-0.39, 0.29) is 12.4 Å². The molecular formula is C11H15Cl2N. The van der Waals surface area contributed by atoms with Gasteiger partial charge in [-0.05, 0) is 49.6 Å². The van der Waals surface area contributed by atoms with Crippen LogP contribution in [0.4, 0.5) is 0 Å². The Morgan fingerprint density at radius 1 is 1.43 bits per heavy atom. The van der Waals surface area contributed by atoms with Crippen molar-refractivity contribution in [2.45, 2.75) is 25.8 Å². The largest absolute Gasteiger partial charge is 0.310 e. The van der Waals surface area contributed by atoms with Crippen LogP contribution in [-0.2, 0) is 0 Å². The molecule has 1 atom stereocenters. The molecule has 1 aliphatic rings. The van der Waals surface area contributed by atoms with Crippen LogP contribution in [-0.4, -0.2) is 6.54 Å². The molecule has 0 bridgehead atoms. The van der Waals surface area contributed by atoms with Crippen molar-refractivity contribution in [1.82, 2.24) is 5.32 Å². The summed E-state index contributed by atoms with van der Waals surface area (Å²) in [5.74, 6) is 0. The van der Waals surface area contributed by atoms with Gasteiger partial charge in [0.05, 0.1) is 0 Å². The maximum atomic E-state index is 5.90. The van der Waals surface area contributed by atoms with Crippen molar-refractivity contribution in [2.75, 3.05) is 6.54 Å². The van der Waals surface area contributed by atoms with Crippen molar-refractivity contribution in [3.8, 4) is 0 Å². The van der Waals surface area contributed by atoms with Gasteiger partial charge in [-0.15, -0.1) is 12.4 Å². The summed E-state index contributed by atoms with van der Waals surface area (Å²) in [6, 6.07) is 6.71. The predicted octanol–water partition coefficient (Wildman–Crippen LogP) is 3.49. The van der Waals surface area contributed by atoms with Gasteiger partial charge in [0.25, 0.3) is 0 Å². The lowest BCUT2D eigenvalue weighted by atomic mass is 10.0. The van der Waals surface area contributed by atoms with Gasteiger partial charge in [0.2, 0.25) is 0 Å². The number of nitrogens with one attached hydrogen (secondary N) is 1. The van der Waals surface area contributed by atoms with E-state index in [1.54, 1.807) is 0 Å². The van der Waals surface area contributed by atoms with Crippen LogP contribution in [0.1, 0.15) is 30.0 Å². The van der Waals surface area contributed by atoms with Gasteiger partial charge in [-0.3, -0.25) is 0 Å². The molecule has 1 N–H and O–H groups in total. The van der Waals surface area contributed by atoms with Crippen molar-refractivity contribution < 1.29 is 0 Å². The van der Waals surface area contributed by atoms with Crippen LogP contribution in [0.2, 0.25) is 5.02 Å². The SMILES string of the molecule is Cc1cc(Cl)ccc1[C@H]1CCCN1.Cl. The molecule has 0 saturated carbocycles. The zero-order valence-electron chi connectivity index (χ0n) is 8.22. The minimum atomic E-state index is 0. The van der Waals surface area contributed by atoms with Crippen molar-refractivity contribution in [3.63, 3.8) is 0 Å².